The summed E-state index contributed by atoms with van der Waals surface area (Å²) < 4.78 is 5.65. The maximum Gasteiger partial charge on any atom is 0.411 e. The topological polar surface area (TPSA) is 136 Å². The molecule has 0 radical (unpaired) electrons. The van der Waals surface area contributed by atoms with Crippen molar-refractivity contribution in [2.24, 2.45) is 0 Å². The first kappa shape index (κ1) is 30.0. The van der Waals surface area contributed by atoms with Gasteiger partial charge in [-0.3, -0.25) is 14.5 Å². The van der Waals surface area contributed by atoms with Crippen molar-refractivity contribution >= 4 is 23.9 Å². The summed E-state index contributed by atoms with van der Waals surface area (Å²) in [6, 6.07) is 14.6. The molecule has 10 heteroatoms. The molecule has 0 saturated carbocycles. The van der Waals surface area contributed by atoms with E-state index < -0.39 is 47.2 Å². The number of rotatable bonds is 6. The number of carbonyl (C=O) groups is 4. The van der Waals surface area contributed by atoms with Crippen LogP contribution in [0.15, 0.2) is 54.6 Å². The summed E-state index contributed by atoms with van der Waals surface area (Å²) in [5.41, 5.74) is 0.853. The fraction of sp³-hybridized carbons (Fsp3) is 0.484. The van der Waals surface area contributed by atoms with E-state index in [0.29, 0.717) is 12.0 Å². The highest BCUT2D eigenvalue weighted by molar-refractivity contribution is 5.92. The van der Waals surface area contributed by atoms with Gasteiger partial charge in [-0.2, -0.15) is 0 Å². The van der Waals surface area contributed by atoms with Crippen LogP contribution in [-0.4, -0.2) is 80.8 Å². The van der Waals surface area contributed by atoms with E-state index in [0.717, 1.165) is 11.1 Å². The van der Waals surface area contributed by atoms with Crippen molar-refractivity contribution < 1.29 is 34.1 Å². The molecule has 3 amide bonds. The Morgan fingerprint density at radius 2 is 1.56 bits per heavy atom. The molecule has 41 heavy (non-hydrogen) atoms. The van der Waals surface area contributed by atoms with Gasteiger partial charge in [-0.25, -0.2) is 9.59 Å². The first-order chi connectivity index (χ1) is 19.3. The molecule has 0 bridgehead atoms. The summed E-state index contributed by atoms with van der Waals surface area (Å²) >= 11 is 0. The fourth-order valence-corrected chi connectivity index (χ4v) is 5.65. The van der Waals surface area contributed by atoms with Crippen LogP contribution in [0.5, 0.6) is 0 Å². The summed E-state index contributed by atoms with van der Waals surface area (Å²) in [5.74, 6) is -2.06. The second-order valence-corrected chi connectivity index (χ2v) is 11.9. The van der Waals surface area contributed by atoms with Crippen molar-refractivity contribution in [1.29, 1.82) is 0 Å². The number of aliphatic carboxylic acids is 1. The van der Waals surface area contributed by atoms with E-state index in [-0.39, 0.29) is 38.4 Å². The van der Waals surface area contributed by atoms with E-state index in [9.17, 15) is 29.4 Å². The van der Waals surface area contributed by atoms with E-state index in [1.54, 1.807) is 25.7 Å². The lowest BCUT2D eigenvalue weighted by Gasteiger charge is -2.44. The quantitative estimate of drug-likeness (QED) is 0.490. The van der Waals surface area contributed by atoms with Crippen LogP contribution in [0.1, 0.15) is 57.2 Å². The third kappa shape index (κ3) is 6.53. The van der Waals surface area contributed by atoms with Gasteiger partial charge in [-0.05, 0) is 57.2 Å². The second-order valence-electron chi connectivity index (χ2n) is 11.9. The molecular formula is C31H39N3O7. The van der Waals surface area contributed by atoms with Crippen molar-refractivity contribution in [1.82, 2.24) is 15.1 Å². The number of hydrogen-bond acceptors (Lipinski definition) is 6. The van der Waals surface area contributed by atoms with Gasteiger partial charge >= 0.3 is 12.1 Å². The molecule has 2 aromatic rings. The van der Waals surface area contributed by atoms with Gasteiger partial charge in [-0.15, -0.1) is 0 Å². The summed E-state index contributed by atoms with van der Waals surface area (Å²) in [6.45, 7) is 7.37. The third-order valence-electron chi connectivity index (χ3n) is 7.89. The lowest BCUT2D eigenvalue weighted by atomic mass is 9.71. The number of nitrogens with zero attached hydrogens (tertiary/aromatic N) is 2. The van der Waals surface area contributed by atoms with Gasteiger partial charge in [0.1, 0.15) is 11.6 Å². The molecule has 4 rings (SSSR count). The Bertz CT molecular complexity index is 1280. The predicted octanol–water partition coefficient (Wildman–Crippen LogP) is 2.86. The number of aliphatic hydroxyl groups excluding tert-OH is 1. The van der Waals surface area contributed by atoms with Crippen LogP contribution in [0, 0.1) is 0 Å². The Kier molecular flexibility index (Phi) is 8.72. The molecule has 0 unspecified atom stereocenters. The van der Waals surface area contributed by atoms with Gasteiger partial charge in [0.2, 0.25) is 11.8 Å². The largest absolute Gasteiger partial charge is 0.480 e. The molecule has 2 aliphatic rings. The molecule has 0 aliphatic carbocycles. The number of hydrogen-bond donors (Lipinski definition) is 3. The Morgan fingerprint density at radius 1 is 0.976 bits per heavy atom. The molecule has 1 fully saturated rings. The van der Waals surface area contributed by atoms with Gasteiger partial charge in [0.25, 0.3) is 0 Å². The maximum atomic E-state index is 14.0. The summed E-state index contributed by atoms with van der Waals surface area (Å²) in [6.07, 6.45) is -1.01. The molecule has 2 aromatic carbocycles. The van der Waals surface area contributed by atoms with Crippen LogP contribution in [0.2, 0.25) is 0 Å². The Hall–Kier alpha value is -3.92. The number of ether oxygens (including phenoxy) is 1. The maximum absolute atomic E-state index is 14.0. The van der Waals surface area contributed by atoms with Crippen molar-refractivity contribution in [2.45, 2.75) is 82.7 Å². The normalized spacial score (nSPS) is 19.9. The van der Waals surface area contributed by atoms with E-state index in [4.69, 9.17) is 4.74 Å². The van der Waals surface area contributed by atoms with Crippen LogP contribution in [0.4, 0.5) is 4.79 Å². The molecular weight excluding hydrogens is 526 g/mol. The standard InChI is InChI=1S/C31H39N3O7/c1-20(35)25(27(37)38)32-28(39)31(23-12-6-5-7-13-23)14-16-33(17-15-31)26(36)24-18-21-10-8-9-11-22(21)19-34(24)29(40)41-30(2,3)4/h5-13,20,24-25,35H,14-19H2,1-4H3,(H,32,39)(H,37,38)/t20-,24-,25-/m0/s1. The first-order valence-electron chi connectivity index (χ1n) is 13.9. The third-order valence-corrected chi connectivity index (χ3v) is 7.89. The van der Waals surface area contributed by atoms with E-state index in [2.05, 4.69) is 5.32 Å². The van der Waals surface area contributed by atoms with E-state index in [1.807, 2.05) is 54.6 Å². The SMILES string of the molecule is C[C@H](O)[C@H](NC(=O)C1(c2ccccc2)CCN(C(=O)[C@@H]2Cc3ccccc3CN2C(=O)OC(C)(C)C)CC1)C(=O)O. The van der Waals surface area contributed by atoms with Crippen molar-refractivity contribution in [3.8, 4) is 0 Å². The number of likely N-dealkylation sites (tertiary alicyclic amines) is 1. The van der Waals surface area contributed by atoms with Crippen LogP contribution < -0.4 is 5.32 Å². The highest BCUT2D eigenvalue weighted by atomic mass is 16.6. The lowest BCUT2D eigenvalue weighted by Crippen LogP contribution is -2.60. The average molecular weight is 566 g/mol. The molecule has 2 heterocycles. The number of fused-ring (bicyclic) bond motifs is 1. The zero-order valence-corrected chi connectivity index (χ0v) is 24.0. The molecule has 0 spiro atoms. The number of carboxylic acids is 1. The summed E-state index contributed by atoms with van der Waals surface area (Å²) in [4.78, 5) is 55.7. The highest BCUT2D eigenvalue weighted by Gasteiger charge is 2.47. The number of piperidine rings is 1. The minimum absolute atomic E-state index is 0.222. The fourth-order valence-electron chi connectivity index (χ4n) is 5.65. The summed E-state index contributed by atoms with van der Waals surface area (Å²) in [5, 5.41) is 22.0. The van der Waals surface area contributed by atoms with Gasteiger partial charge in [0, 0.05) is 19.5 Å². The van der Waals surface area contributed by atoms with Crippen LogP contribution in [0.25, 0.3) is 0 Å². The van der Waals surface area contributed by atoms with Gasteiger partial charge in [-0.1, -0.05) is 54.6 Å². The lowest BCUT2D eigenvalue weighted by molar-refractivity contribution is -0.147. The summed E-state index contributed by atoms with van der Waals surface area (Å²) in [7, 11) is 0. The Balaban J connectivity index is 1.58. The highest BCUT2D eigenvalue weighted by Crippen LogP contribution is 2.37. The van der Waals surface area contributed by atoms with Crippen molar-refractivity contribution in [2.75, 3.05) is 13.1 Å². The van der Waals surface area contributed by atoms with Crippen LogP contribution in [-0.2, 0) is 37.5 Å². The average Bonchev–Trinajstić information content (AvgIpc) is 2.94. The molecule has 220 valence electrons. The van der Waals surface area contributed by atoms with Gasteiger partial charge in [0.15, 0.2) is 6.04 Å². The molecule has 2 aliphatic heterocycles. The van der Waals surface area contributed by atoms with Gasteiger partial charge in [0.05, 0.1) is 18.1 Å². The predicted molar refractivity (Wildman–Crippen MR) is 151 cm³/mol. The minimum atomic E-state index is -1.47. The number of nitrogens with one attached hydrogen (secondary N) is 1. The number of carboxylic acid groups (broad SMARTS) is 1. The number of amides is 3. The molecule has 1 saturated heterocycles. The second kappa shape index (κ2) is 11.9. The number of carbonyl (C=O) groups excluding carboxylic acids is 3. The van der Waals surface area contributed by atoms with Crippen LogP contribution >= 0.6 is 0 Å². The zero-order chi connectivity index (χ0) is 29.9. The molecule has 3 atom stereocenters. The van der Waals surface area contributed by atoms with Crippen molar-refractivity contribution in [3.63, 3.8) is 0 Å². The Labute approximate surface area is 240 Å². The molecule has 0 aromatic heterocycles. The minimum Gasteiger partial charge on any atom is -0.480 e. The Morgan fingerprint density at radius 3 is 2.12 bits per heavy atom. The van der Waals surface area contributed by atoms with Crippen LogP contribution in [0.3, 0.4) is 0 Å². The monoisotopic (exact) mass is 565 g/mol. The number of aliphatic hydroxyl groups is 1. The van der Waals surface area contributed by atoms with E-state index >= 15 is 0 Å². The zero-order valence-electron chi connectivity index (χ0n) is 24.0. The van der Waals surface area contributed by atoms with E-state index in [1.165, 1.54) is 11.8 Å². The molecule has 3 N–H and O–H groups in total. The smallest absolute Gasteiger partial charge is 0.411 e. The number of benzene rings is 2. The molecule has 10 nitrogen and oxygen atoms in total. The van der Waals surface area contributed by atoms with Crippen molar-refractivity contribution in [3.05, 3.63) is 71.3 Å². The first-order valence-corrected chi connectivity index (χ1v) is 13.9. The van der Waals surface area contributed by atoms with Gasteiger partial charge < -0.3 is 25.2 Å².